The average molecular weight is 220 g/mol. The molecule has 14 heavy (non-hydrogen) atoms. The van der Waals surface area contributed by atoms with E-state index in [0.29, 0.717) is 31.6 Å². The molecule has 0 saturated heterocycles. The van der Waals surface area contributed by atoms with Crippen LogP contribution >= 0.6 is 11.6 Å². The van der Waals surface area contributed by atoms with E-state index in [0.717, 1.165) is 0 Å². The fraction of sp³-hybridized carbons (Fsp3) is 0.900. The molecule has 1 atom stereocenters. The molecule has 1 unspecified atom stereocenters. The highest BCUT2D eigenvalue weighted by Gasteiger charge is 2.32. The van der Waals surface area contributed by atoms with Crippen molar-refractivity contribution in [1.82, 2.24) is 5.32 Å². The molecule has 1 fully saturated rings. The van der Waals surface area contributed by atoms with Crippen LogP contribution in [0.2, 0.25) is 0 Å². The van der Waals surface area contributed by atoms with Crippen LogP contribution in [-0.2, 0) is 9.53 Å². The SMILES string of the molecule is CC(C(=O)NCCOCCCl)C1CC1. The molecule has 0 aliphatic heterocycles. The maximum Gasteiger partial charge on any atom is 0.223 e. The van der Waals surface area contributed by atoms with E-state index in [1.807, 2.05) is 6.92 Å². The lowest BCUT2D eigenvalue weighted by atomic mass is 10.1. The Morgan fingerprint density at radius 2 is 2.29 bits per heavy atom. The highest BCUT2D eigenvalue weighted by atomic mass is 35.5. The number of amides is 1. The number of carbonyl (C=O) groups excluding carboxylic acids is 1. The van der Waals surface area contributed by atoms with Crippen molar-refractivity contribution in [3.05, 3.63) is 0 Å². The van der Waals surface area contributed by atoms with Gasteiger partial charge in [-0.1, -0.05) is 6.92 Å². The molecule has 1 rings (SSSR count). The molecule has 0 aromatic carbocycles. The first-order valence-electron chi connectivity index (χ1n) is 5.17. The molecule has 1 aliphatic carbocycles. The zero-order chi connectivity index (χ0) is 10.4. The first kappa shape index (κ1) is 11.8. The standard InChI is InChI=1S/C10H18ClNO2/c1-8(9-2-3-9)10(13)12-5-7-14-6-4-11/h8-9H,2-7H2,1H3,(H,12,13). The minimum Gasteiger partial charge on any atom is -0.378 e. The van der Waals surface area contributed by atoms with Crippen LogP contribution in [0.5, 0.6) is 0 Å². The summed E-state index contributed by atoms with van der Waals surface area (Å²) >= 11 is 5.43. The summed E-state index contributed by atoms with van der Waals surface area (Å²) in [4.78, 5) is 11.5. The van der Waals surface area contributed by atoms with Crippen LogP contribution in [0.25, 0.3) is 0 Å². The van der Waals surface area contributed by atoms with Crippen molar-refractivity contribution in [2.45, 2.75) is 19.8 Å². The van der Waals surface area contributed by atoms with Crippen LogP contribution in [0.1, 0.15) is 19.8 Å². The highest BCUT2D eigenvalue weighted by Crippen LogP contribution is 2.36. The summed E-state index contributed by atoms with van der Waals surface area (Å²) in [6.07, 6.45) is 2.41. The summed E-state index contributed by atoms with van der Waals surface area (Å²) in [6, 6.07) is 0. The van der Waals surface area contributed by atoms with Gasteiger partial charge in [-0.15, -0.1) is 11.6 Å². The van der Waals surface area contributed by atoms with Crippen LogP contribution in [0, 0.1) is 11.8 Å². The number of halogens is 1. The molecule has 1 N–H and O–H groups in total. The Hall–Kier alpha value is -0.280. The van der Waals surface area contributed by atoms with Crippen molar-refractivity contribution in [3.8, 4) is 0 Å². The van der Waals surface area contributed by atoms with Crippen molar-refractivity contribution in [2.75, 3.05) is 25.6 Å². The van der Waals surface area contributed by atoms with Gasteiger partial charge in [0, 0.05) is 18.3 Å². The zero-order valence-electron chi connectivity index (χ0n) is 8.59. The number of rotatable bonds is 7. The Kier molecular flexibility index (Phi) is 5.26. The van der Waals surface area contributed by atoms with E-state index in [-0.39, 0.29) is 11.8 Å². The molecule has 1 saturated carbocycles. The Bertz CT molecular complexity index is 183. The van der Waals surface area contributed by atoms with E-state index < -0.39 is 0 Å². The third-order valence-electron chi connectivity index (χ3n) is 2.51. The van der Waals surface area contributed by atoms with Gasteiger partial charge in [0.25, 0.3) is 0 Å². The number of alkyl halides is 1. The van der Waals surface area contributed by atoms with E-state index in [2.05, 4.69) is 5.32 Å². The lowest BCUT2D eigenvalue weighted by Crippen LogP contribution is -2.32. The summed E-state index contributed by atoms with van der Waals surface area (Å²) in [5, 5.41) is 2.86. The fourth-order valence-corrected chi connectivity index (χ4v) is 1.48. The largest absolute Gasteiger partial charge is 0.378 e. The minimum atomic E-state index is 0.155. The molecule has 1 aliphatic rings. The van der Waals surface area contributed by atoms with Crippen LogP contribution in [-0.4, -0.2) is 31.5 Å². The van der Waals surface area contributed by atoms with Crippen LogP contribution in [0.4, 0.5) is 0 Å². The fourth-order valence-electron chi connectivity index (χ4n) is 1.37. The van der Waals surface area contributed by atoms with Gasteiger partial charge in [0.15, 0.2) is 0 Å². The van der Waals surface area contributed by atoms with Gasteiger partial charge < -0.3 is 10.1 Å². The lowest BCUT2D eigenvalue weighted by Gasteiger charge is -2.10. The van der Waals surface area contributed by atoms with Gasteiger partial charge in [-0.25, -0.2) is 0 Å². The van der Waals surface area contributed by atoms with Crippen LogP contribution in [0.15, 0.2) is 0 Å². The van der Waals surface area contributed by atoms with Gasteiger partial charge in [-0.3, -0.25) is 4.79 Å². The summed E-state index contributed by atoms with van der Waals surface area (Å²) in [6.45, 7) is 3.69. The molecule has 3 nitrogen and oxygen atoms in total. The van der Waals surface area contributed by atoms with E-state index in [1.54, 1.807) is 0 Å². The van der Waals surface area contributed by atoms with Crippen molar-refractivity contribution in [2.24, 2.45) is 11.8 Å². The number of ether oxygens (including phenoxy) is 1. The predicted octanol–water partition coefficient (Wildman–Crippen LogP) is 1.40. The topological polar surface area (TPSA) is 38.3 Å². The molecule has 82 valence electrons. The second-order valence-corrected chi connectivity index (χ2v) is 4.10. The van der Waals surface area contributed by atoms with Gasteiger partial charge in [-0.05, 0) is 18.8 Å². The first-order chi connectivity index (χ1) is 6.75. The van der Waals surface area contributed by atoms with Crippen molar-refractivity contribution >= 4 is 17.5 Å². The van der Waals surface area contributed by atoms with Crippen LogP contribution < -0.4 is 5.32 Å². The Labute approximate surface area is 90.1 Å². The minimum absolute atomic E-state index is 0.155. The lowest BCUT2D eigenvalue weighted by molar-refractivity contribution is -0.125. The third kappa shape index (κ3) is 4.29. The first-order valence-corrected chi connectivity index (χ1v) is 5.70. The molecule has 0 radical (unpaired) electrons. The van der Waals surface area contributed by atoms with E-state index in [9.17, 15) is 4.79 Å². The molecule has 0 spiro atoms. The smallest absolute Gasteiger partial charge is 0.223 e. The zero-order valence-corrected chi connectivity index (χ0v) is 9.35. The van der Waals surface area contributed by atoms with E-state index in [4.69, 9.17) is 16.3 Å². The molecule has 0 heterocycles. The van der Waals surface area contributed by atoms with Gasteiger partial charge in [-0.2, -0.15) is 0 Å². The third-order valence-corrected chi connectivity index (χ3v) is 2.66. The maximum atomic E-state index is 11.5. The van der Waals surface area contributed by atoms with E-state index in [1.165, 1.54) is 12.8 Å². The molecular formula is C10H18ClNO2. The van der Waals surface area contributed by atoms with Gasteiger partial charge in [0.1, 0.15) is 0 Å². The highest BCUT2D eigenvalue weighted by molar-refractivity contribution is 6.17. The number of hydrogen-bond donors (Lipinski definition) is 1. The normalized spacial score (nSPS) is 17.9. The second-order valence-electron chi connectivity index (χ2n) is 3.72. The van der Waals surface area contributed by atoms with Crippen molar-refractivity contribution < 1.29 is 9.53 Å². The molecule has 0 aromatic rings. The molecule has 0 bridgehead atoms. The predicted molar refractivity (Wildman–Crippen MR) is 56.4 cm³/mol. The number of carbonyl (C=O) groups is 1. The molecule has 0 aromatic heterocycles. The summed E-state index contributed by atoms with van der Waals surface area (Å²) in [5.74, 6) is 1.45. The quantitative estimate of drug-likeness (QED) is 0.519. The van der Waals surface area contributed by atoms with Crippen molar-refractivity contribution in [1.29, 1.82) is 0 Å². The maximum absolute atomic E-state index is 11.5. The van der Waals surface area contributed by atoms with Crippen LogP contribution in [0.3, 0.4) is 0 Å². The number of hydrogen-bond acceptors (Lipinski definition) is 2. The Morgan fingerprint density at radius 3 is 2.86 bits per heavy atom. The summed E-state index contributed by atoms with van der Waals surface area (Å²) < 4.78 is 5.14. The second kappa shape index (κ2) is 6.25. The van der Waals surface area contributed by atoms with Gasteiger partial charge in [0.05, 0.1) is 13.2 Å². The molecule has 1 amide bonds. The Balaban J connectivity index is 1.97. The molecular weight excluding hydrogens is 202 g/mol. The molecule has 4 heteroatoms. The Morgan fingerprint density at radius 1 is 1.57 bits per heavy atom. The van der Waals surface area contributed by atoms with Gasteiger partial charge >= 0.3 is 0 Å². The summed E-state index contributed by atoms with van der Waals surface area (Å²) in [5.41, 5.74) is 0. The van der Waals surface area contributed by atoms with Crippen molar-refractivity contribution in [3.63, 3.8) is 0 Å². The average Bonchev–Trinajstić information content (AvgIpc) is 2.99. The van der Waals surface area contributed by atoms with Gasteiger partial charge in [0.2, 0.25) is 5.91 Å². The number of nitrogens with one attached hydrogen (secondary N) is 1. The van der Waals surface area contributed by atoms with E-state index >= 15 is 0 Å². The monoisotopic (exact) mass is 219 g/mol. The summed E-state index contributed by atoms with van der Waals surface area (Å²) in [7, 11) is 0.